The average molecular weight is 339 g/mol. The first-order valence-electron chi connectivity index (χ1n) is 8.18. The molecule has 5 nitrogen and oxygen atoms in total. The third-order valence-corrected chi connectivity index (χ3v) is 4.56. The summed E-state index contributed by atoms with van der Waals surface area (Å²) in [6, 6.07) is 7.70. The van der Waals surface area contributed by atoms with Crippen LogP contribution in [0.1, 0.15) is 24.5 Å². The average Bonchev–Trinajstić information content (AvgIpc) is 3.07. The number of nitrogens with one attached hydrogen (secondary N) is 1. The van der Waals surface area contributed by atoms with Crippen molar-refractivity contribution < 1.29 is 14.3 Å². The first-order valence-corrected chi connectivity index (χ1v) is 8.56. The Morgan fingerprint density at radius 2 is 2.09 bits per heavy atom. The standard InChI is InChI=1S/C17H23ClN2O3/c18-14-5-3-13(4-6-14)16-11-20(7-9-23-16)12-17(21)19-10-15-2-1-8-22-15/h3-6,15-16H,1-2,7-12H2,(H,19,21). The highest BCUT2D eigenvalue weighted by Gasteiger charge is 2.24. The molecule has 2 saturated heterocycles. The Balaban J connectivity index is 1.46. The highest BCUT2D eigenvalue weighted by atomic mass is 35.5. The molecule has 2 unspecified atom stereocenters. The van der Waals surface area contributed by atoms with E-state index in [-0.39, 0.29) is 18.1 Å². The molecule has 1 aromatic carbocycles. The van der Waals surface area contributed by atoms with Crippen LogP contribution in [0.3, 0.4) is 0 Å². The molecular formula is C17H23ClN2O3. The maximum atomic E-state index is 12.1. The van der Waals surface area contributed by atoms with E-state index < -0.39 is 0 Å². The Bertz CT molecular complexity index is 517. The van der Waals surface area contributed by atoms with Crippen molar-refractivity contribution in [2.75, 3.05) is 39.4 Å². The summed E-state index contributed by atoms with van der Waals surface area (Å²) in [4.78, 5) is 14.2. The van der Waals surface area contributed by atoms with Gasteiger partial charge in [-0.3, -0.25) is 9.69 Å². The zero-order valence-electron chi connectivity index (χ0n) is 13.2. The van der Waals surface area contributed by atoms with Crippen LogP contribution >= 0.6 is 11.6 Å². The minimum Gasteiger partial charge on any atom is -0.376 e. The van der Waals surface area contributed by atoms with Gasteiger partial charge in [0.15, 0.2) is 0 Å². The normalized spacial score (nSPS) is 25.4. The summed E-state index contributed by atoms with van der Waals surface area (Å²) in [6.45, 7) is 3.95. The number of carbonyl (C=O) groups is 1. The van der Waals surface area contributed by atoms with Crippen LogP contribution in [0.5, 0.6) is 0 Å². The molecule has 3 rings (SSSR count). The summed E-state index contributed by atoms with van der Waals surface area (Å²) >= 11 is 5.92. The fourth-order valence-electron chi connectivity index (χ4n) is 3.02. The Hall–Kier alpha value is -1.14. The Morgan fingerprint density at radius 1 is 1.26 bits per heavy atom. The highest BCUT2D eigenvalue weighted by Crippen LogP contribution is 2.23. The van der Waals surface area contributed by atoms with E-state index in [9.17, 15) is 4.79 Å². The number of carbonyl (C=O) groups excluding carboxylic acids is 1. The van der Waals surface area contributed by atoms with Crippen LogP contribution in [-0.4, -0.2) is 56.3 Å². The van der Waals surface area contributed by atoms with Crippen LogP contribution < -0.4 is 5.32 Å². The molecule has 0 bridgehead atoms. The van der Waals surface area contributed by atoms with E-state index in [2.05, 4.69) is 10.2 Å². The first kappa shape index (κ1) is 16.7. The zero-order chi connectivity index (χ0) is 16.1. The number of rotatable bonds is 5. The number of hydrogen-bond acceptors (Lipinski definition) is 4. The van der Waals surface area contributed by atoms with E-state index in [4.69, 9.17) is 21.1 Å². The van der Waals surface area contributed by atoms with Gasteiger partial charge in [0.1, 0.15) is 0 Å². The third-order valence-electron chi connectivity index (χ3n) is 4.31. The van der Waals surface area contributed by atoms with Crippen LogP contribution in [-0.2, 0) is 14.3 Å². The van der Waals surface area contributed by atoms with Crippen LogP contribution in [0, 0.1) is 0 Å². The number of morpholine rings is 1. The van der Waals surface area contributed by atoms with Crippen LogP contribution in [0.2, 0.25) is 5.02 Å². The van der Waals surface area contributed by atoms with Gasteiger partial charge in [-0.1, -0.05) is 23.7 Å². The van der Waals surface area contributed by atoms with E-state index in [1.807, 2.05) is 24.3 Å². The minimum atomic E-state index is -0.00742. The molecule has 2 aliphatic rings. The van der Waals surface area contributed by atoms with Gasteiger partial charge in [-0.05, 0) is 30.5 Å². The van der Waals surface area contributed by atoms with Crippen molar-refractivity contribution in [3.63, 3.8) is 0 Å². The fraction of sp³-hybridized carbons (Fsp3) is 0.588. The molecule has 2 aliphatic heterocycles. The van der Waals surface area contributed by atoms with E-state index in [1.165, 1.54) is 0 Å². The second-order valence-electron chi connectivity index (χ2n) is 6.09. The lowest BCUT2D eigenvalue weighted by Crippen LogP contribution is -2.45. The lowest BCUT2D eigenvalue weighted by molar-refractivity contribution is -0.124. The molecule has 1 aromatic rings. The number of benzene rings is 1. The lowest BCUT2D eigenvalue weighted by atomic mass is 10.1. The molecule has 0 aromatic heterocycles. The van der Waals surface area contributed by atoms with Crippen molar-refractivity contribution in [3.05, 3.63) is 34.9 Å². The van der Waals surface area contributed by atoms with Crippen LogP contribution in [0.15, 0.2) is 24.3 Å². The second kappa shape index (κ2) is 8.11. The van der Waals surface area contributed by atoms with E-state index >= 15 is 0 Å². The number of hydrogen-bond donors (Lipinski definition) is 1. The summed E-state index contributed by atoms with van der Waals surface area (Å²) in [5.41, 5.74) is 1.10. The molecule has 6 heteroatoms. The predicted molar refractivity (Wildman–Crippen MR) is 88.6 cm³/mol. The molecule has 1 N–H and O–H groups in total. The molecule has 0 saturated carbocycles. The number of nitrogens with zero attached hydrogens (tertiary/aromatic N) is 1. The van der Waals surface area contributed by atoms with Gasteiger partial charge >= 0.3 is 0 Å². The summed E-state index contributed by atoms with van der Waals surface area (Å²) in [5.74, 6) is 0.0530. The van der Waals surface area contributed by atoms with Crippen molar-refractivity contribution in [2.24, 2.45) is 0 Å². The topological polar surface area (TPSA) is 50.8 Å². The molecule has 23 heavy (non-hydrogen) atoms. The largest absolute Gasteiger partial charge is 0.376 e. The van der Waals surface area contributed by atoms with Crippen molar-refractivity contribution in [1.29, 1.82) is 0 Å². The van der Waals surface area contributed by atoms with Crippen LogP contribution in [0.4, 0.5) is 0 Å². The molecule has 2 atom stereocenters. The van der Waals surface area contributed by atoms with Crippen molar-refractivity contribution in [3.8, 4) is 0 Å². The van der Waals surface area contributed by atoms with Crippen molar-refractivity contribution >= 4 is 17.5 Å². The summed E-state index contributed by atoms with van der Waals surface area (Å²) in [6.07, 6.45) is 2.31. The van der Waals surface area contributed by atoms with E-state index in [0.29, 0.717) is 19.7 Å². The highest BCUT2D eigenvalue weighted by molar-refractivity contribution is 6.30. The Kier molecular flexibility index (Phi) is 5.89. The summed E-state index contributed by atoms with van der Waals surface area (Å²) in [7, 11) is 0. The van der Waals surface area contributed by atoms with E-state index in [1.54, 1.807) is 0 Å². The molecule has 2 heterocycles. The van der Waals surface area contributed by atoms with Crippen LogP contribution in [0.25, 0.3) is 0 Å². The molecule has 1 amide bonds. The number of amides is 1. The van der Waals surface area contributed by atoms with Gasteiger partial charge in [0, 0.05) is 31.3 Å². The monoisotopic (exact) mass is 338 g/mol. The lowest BCUT2D eigenvalue weighted by Gasteiger charge is -2.32. The van der Waals surface area contributed by atoms with Gasteiger partial charge in [0.2, 0.25) is 5.91 Å². The maximum Gasteiger partial charge on any atom is 0.234 e. The molecule has 2 fully saturated rings. The summed E-state index contributed by atoms with van der Waals surface area (Å²) in [5, 5.41) is 3.69. The molecule has 126 valence electrons. The smallest absolute Gasteiger partial charge is 0.234 e. The predicted octanol–water partition coefficient (Wildman–Crippen LogP) is 2.01. The molecule has 0 aliphatic carbocycles. The SMILES string of the molecule is O=C(CN1CCOC(c2ccc(Cl)cc2)C1)NCC1CCCO1. The first-order chi connectivity index (χ1) is 11.2. The molecule has 0 radical (unpaired) electrons. The Morgan fingerprint density at radius 3 is 2.83 bits per heavy atom. The second-order valence-corrected chi connectivity index (χ2v) is 6.52. The number of halogens is 1. The van der Waals surface area contributed by atoms with Crippen molar-refractivity contribution in [2.45, 2.75) is 25.0 Å². The van der Waals surface area contributed by atoms with Crippen molar-refractivity contribution in [1.82, 2.24) is 10.2 Å². The maximum absolute atomic E-state index is 12.1. The zero-order valence-corrected chi connectivity index (χ0v) is 13.9. The molecular weight excluding hydrogens is 316 g/mol. The quantitative estimate of drug-likeness (QED) is 0.892. The van der Waals surface area contributed by atoms with Gasteiger partial charge in [-0.2, -0.15) is 0 Å². The van der Waals surface area contributed by atoms with Gasteiger partial charge in [-0.25, -0.2) is 0 Å². The Labute approximate surface area is 141 Å². The van der Waals surface area contributed by atoms with Gasteiger partial charge in [0.05, 0.1) is 25.4 Å². The van der Waals surface area contributed by atoms with Gasteiger partial charge in [-0.15, -0.1) is 0 Å². The fourth-order valence-corrected chi connectivity index (χ4v) is 3.14. The van der Waals surface area contributed by atoms with E-state index in [0.717, 1.165) is 43.1 Å². The summed E-state index contributed by atoms with van der Waals surface area (Å²) < 4.78 is 11.3. The van der Waals surface area contributed by atoms with Gasteiger partial charge < -0.3 is 14.8 Å². The van der Waals surface area contributed by atoms with Gasteiger partial charge in [0.25, 0.3) is 0 Å². The minimum absolute atomic E-state index is 0.00742. The number of ether oxygens (including phenoxy) is 2. The third kappa shape index (κ3) is 4.91. The molecule has 0 spiro atoms.